The lowest BCUT2D eigenvalue weighted by molar-refractivity contribution is -0.138. The van der Waals surface area contributed by atoms with E-state index in [-0.39, 0.29) is 24.3 Å². The molecule has 0 aromatic heterocycles. The highest BCUT2D eigenvalue weighted by molar-refractivity contribution is 6.09. The van der Waals surface area contributed by atoms with Crippen molar-refractivity contribution in [2.45, 2.75) is 31.7 Å². The summed E-state index contributed by atoms with van der Waals surface area (Å²) in [5.41, 5.74) is 1.57. The van der Waals surface area contributed by atoms with E-state index < -0.39 is 11.6 Å². The number of benzene rings is 1. The van der Waals surface area contributed by atoms with Crippen LogP contribution in [0.1, 0.15) is 31.7 Å². The number of carbonyl (C=O) groups is 3. The Balaban J connectivity index is 1.39. The fourth-order valence-corrected chi connectivity index (χ4v) is 3.84. The molecule has 26 heavy (non-hydrogen) atoms. The summed E-state index contributed by atoms with van der Waals surface area (Å²) in [6.07, 6.45) is 4.72. The number of rotatable bonds is 4. The molecule has 6 nitrogen and oxygen atoms in total. The van der Waals surface area contributed by atoms with E-state index in [2.05, 4.69) is 23.5 Å². The van der Waals surface area contributed by atoms with Gasteiger partial charge in [0.1, 0.15) is 12.1 Å². The zero-order chi connectivity index (χ0) is 18.3. The predicted octanol–water partition coefficient (Wildman–Crippen LogP) is 2.02. The highest BCUT2D eigenvalue weighted by Crippen LogP contribution is 2.42. The molecule has 1 saturated heterocycles. The number of carbonyl (C=O) groups excluding carboxylic acids is 3. The maximum absolute atomic E-state index is 12.6. The Hall–Kier alpha value is -2.63. The van der Waals surface area contributed by atoms with Crippen molar-refractivity contribution in [2.75, 3.05) is 19.6 Å². The van der Waals surface area contributed by atoms with Crippen LogP contribution in [0.25, 0.3) is 5.57 Å². The van der Waals surface area contributed by atoms with Crippen LogP contribution in [-0.2, 0) is 9.59 Å². The Morgan fingerprint density at radius 3 is 2.58 bits per heavy atom. The van der Waals surface area contributed by atoms with Crippen LogP contribution in [0.3, 0.4) is 0 Å². The van der Waals surface area contributed by atoms with Crippen molar-refractivity contribution in [3.05, 3.63) is 42.0 Å². The van der Waals surface area contributed by atoms with Crippen molar-refractivity contribution in [3.63, 3.8) is 0 Å². The molecule has 2 fully saturated rings. The van der Waals surface area contributed by atoms with Crippen LogP contribution >= 0.6 is 0 Å². The number of nitrogens with one attached hydrogen (secondary N) is 1. The van der Waals surface area contributed by atoms with Gasteiger partial charge >= 0.3 is 6.03 Å². The van der Waals surface area contributed by atoms with Crippen molar-refractivity contribution < 1.29 is 14.4 Å². The molecular formula is C20H23N3O3. The van der Waals surface area contributed by atoms with Crippen LogP contribution in [0.2, 0.25) is 0 Å². The number of urea groups is 1. The lowest BCUT2D eigenvalue weighted by atomic mass is 9.96. The fourth-order valence-electron chi connectivity index (χ4n) is 3.84. The van der Waals surface area contributed by atoms with E-state index in [0.29, 0.717) is 13.1 Å². The molecule has 2 heterocycles. The SMILES string of the molecule is C[C@@]1(C2CC2)NC(=O)N(CC(=O)N2CC=C(c3ccccc3)CC2)C1=O. The molecular weight excluding hydrogens is 330 g/mol. The van der Waals surface area contributed by atoms with Crippen molar-refractivity contribution >= 4 is 23.4 Å². The minimum absolute atomic E-state index is 0.179. The largest absolute Gasteiger partial charge is 0.337 e. The van der Waals surface area contributed by atoms with Crippen LogP contribution in [0, 0.1) is 5.92 Å². The molecule has 1 aromatic rings. The van der Waals surface area contributed by atoms with Crippen LogP contribution in [-0.4, -0.2) is 52.8 Å². The van der Waals surface area contributed by atoms with Gasteiger partial charge in [-0.1, -0.05) is 36.4 Å². The number of imide groups is 1. The summed E-state index contributed by atoms with van der Waals surface area (Å²) >= 11 is 0. The van der Waals surface area contributed by atoms with Crippen LogP contribution < -0.4 is 5.32 Å². The number of hydrogen-bond acceptors (Lipinski definition) is 3. The topological polar surface area (TPSA) is 69.7 Å². The average molecular weight is 353 g/mol. The molecule has 1 N–H and O–H groups in total. The van der Waals surface area contributed by atoms with Gasteiger partial charge in [-0.15, -0.1) is 0 Å². The highest BCUT2D eigenvalue weighted by Gasteiger charge is 2.56. The summed E-state index contributed by atoms with van der Waals surface area (Å²) in [6, 6.07) is 9.67. The monoisotopic (exact) mass is 353 g/mol. The van der Waals surface area contributed by atoms with Crippen molar-refractivity contribution in [3.8, 4) is 0 Å². The summed E-state index contributed by atoms with van der Waals surface area (Å²) in [6.45, 7) is 2.70. The second-order valence-electron chi connectivity index (χ2n) is 7.48. The first-order chi connectivity index (χ1) is 12.5. The van der Waals surface area contributed by atoms with Gasteiger partial charge in [0.15, 0.2) is 0 Å². The summed E-state index contributed by atoms with van der Waals surface area (Å²) in [5, 5.41) is 2.78. The Labute approximate surface area is 152 Å². The van der Waals surface area contributed by atoms with Gasteiger partial charge in [0.25, 0.3) is 5.91 Å². The van der Waals surface area contributed by atoms with Crippen molar-refractivity contribution in [1.82, 2.24) is 15.1 Å². The van der Waals surface area contributed by atoms with Gasteiger partial charge in [-0.2, -0.15) is 0 Å². The van der Waals surface area contributed by atoms with Gasteiger partial charge in [-0.3, -0.25) is 14.5 Å². The Kier molecular flexibility index (Phi) is 4.05. The first-order valence-electron chi connectivity index (χ1n) is 9.15. The Morgan fingerprint density at radius 2 is 1.96 bits per heavy atom. The van der Waals surface area contributed by atoms with Gasteiger partial charge in [-0.25, -0.2) is 4.79 Å². The van der Waals surface area contributed by atoms with Crippen molar-refractivity contribution in [2.24, 2.45) is 5.92 Å². The molecule has 4 amide bonds. The molecule has 0 unspecified atom stereocenters. The van der Waals surface area contributed by atoms with Gasteiger partial charge in [0.2, 0.25) is 5.91 Å². The first-order valence-corrected chi connectivity index (χ1v) is 9.15. The smallest absolute Gasteiger partial charge is 0.325 e. The van der Waals surface area contributed by atoms with E-state index in [4.69, 9.17) is 0 Å². The number of hydrogen-bond donors (Lipinski definition) is 1. The molecule has 4 rings (SSSR count). The summed E-state index contributed by atoms with van der Waals surface area (Å²) in [5.74, 6) is -0.252. The van der Waals surface area contributed by atoms with E-state index in [1.165, 1.54) is 11.1 Å². The minimum atomic E-state index is -0.834. The van der Waals surface area contributed by atoms with E-state index in [0.717, 1.165) is 24.2 Å². The minimum Gasteiger partial charge on any atom is -0.337 e. The molecule has 0 spiro atoms. The quantitative estimate of drug-likeness (QED) is 0.842. The number of amides is 4. The van der Waals surface area contributed by atoms with Crippen LogP contribution in [0.4, 0.5) is 4.79 Å². The third-order valence-electron chi connectivity index (χ3n) is 5.69. The van der Waals surface area contributed by atoms with Crippen molar-refractivity contribution in [1.29, 1.82) is 0 Å². The molecule has 1 aliphatic carbocycles. The normalized spacial score (nSPS) is 26.0. The third kappa shape index (κ3) is 2.89. The lowest BCUT2D eigenvalue weighted by Crippen LogP contribution is -2.47. The van der Waals surface area contributed by atoms with E-state index >= 15 is 0 Å². The van der Waals surface area contributed by atoms with Crippen LogP contribution in [0.5, 0.6) is 0 Å². The molecule has 2 aliphatic heterocycles. The zero-order valence-electron chi connectivity index (χ0n) is 14.9. The molecule has 0 radical (unpaired) electrons. The van der Waals surface area contributed by atoms with E-state index in [1.54, 1.807) is 11.8 Å². The first kappa shape index (κ1) is 16.8. The van der Waals surface area contributed by atoms with E-state index in [9.17, 15) is 14.4 Å². The Bertz CT molecular complexity index is 785. The highest BCUT2D eigenvalue weighted by atomic mass is 16.2. The van der Waals surface area contributed by atoms with Gasteiger partial charge < -0.3 is 10.2 Å². The average Bonchev–Trinajstić information content (AvgIpc) is 3.49. The predicted molar refractivity (Wildman–Crippen MR) is 97.0 cm³/mol. The second-order valence-corrected chi connectivity index (χ2v) is 7.48. The van der Waals surface area contributed by atoms with Gasteiger partial charge in [0.05, 0.1) is 0 Å². The van der Waals surface area contributed by atoms with Gasteiger partial charge in [-0.05, 0) is 43.2 Å². The summed E-state index contributed by atoms with van der Waals surface area (Å²) in [4.78, 5) is 40.2. The van der Waals surface area contributed by atoms with Gasteiger partial charge in [0, 0.05) is 13.1 Å². The molecule has 0 bridgehead atoms. The standard InChI is InChI=1S/C20H23N3O3/c1-20(16-7-8-16)18(25)23(19(26)21-20)13-17(24)22-11-9-15(10-12-22)14-5-3-2-4-6-14/h2-6,9,16H,7-8,10-13H2,1H3,(H,21,26)/t20-/m0/s1. The third-order valence-corrected chi connectivity index (χ3v) is 5.69. The molecule has 1 aromatic carbocycles. The Morgan fingerprint density at radius 1 is 1.23 bits per heavy atom. The second kappa shape index (κ2) is 6.27. The van der Waals surface area contributed by atoms with Crippen LogP contribution in [0.15, 0.2) is 36.4 Å². The zero-order valence-corrected chi connectivity index (χ0v) is 14.9. The molecule has 1 atom stereocenters. The maximum atomic E-state index is 12.6. The lowest BCUT2D eigenvalue weighted by Gasteiger charge is -2.28. The maximum Gasteiger partial charge on any atom is 0.325 e. The molecule has 1 saturated carbocycles. The molecule has 136 valence electrons. The summed E-state index contributed by atoms with van der Waals surface area (Å²) in [7, 11) is 0. The molecule has 3 aliphatic rings. The number of nitrogens with zero attached hydrogens (tertiary/aromatic N) is 2. The fraction of sp³-hybridized carbons (Fsp3) is 0.450. The van der Waals surface area contributed by atoms with E-state index in [1.807, 2.05) is 18.2 Å². The summed E-state index contributed by atoms with van der Waals surface area (Å²) < 4.78 is 0. The molecule has 6 heteroatoms.